The molecule has 0 amide bonds. The highest BCUT2D eigenvalue weighted by molar-refractivity contribution is 6.00. The van der Waals surface area contributed by atoms with Gasteiger partial charge in [-0.15, -0.1) is 0 Å². The summed E-state index contributed by atoms with van der Waals surface area (Å²) in [6, 6.07) is 0. The van der Waals surface area contributed by atoms with Crippen LogP contribution in [0.1, 0.15) is 79.1 Å². The fourth-order valence-corrected chi connectivity index (χ4v) is 2.74. The molecular weight excluding hydrogens is 230 g/mol. The van der Waals surface area contributed by atoms with E-state index in [1.165, 1.54) is 62.7 Å². The van der Waals surface area contributed by atoms with Gasteiger partial charge >= 0.3 is 0 Å². The summed E-state index contributed by atoms with van der Waals surface area (Å²) in [6.45, 7) is 10.2. The number of hydrogen-bond acceptors (Lipinski definition) is 1. The molecular formula is C18H33N. The van der Waals surface area contributed by atoms with Gasteiger partial charge in [0.25, 0.3) is 0 Å². The molecule has 0 radical (unpaired) electrons. The SMILES string of the molecule is CCCCCCCCN=C1C[C@@H](C(C)C)CC=C1C. The van der Waals surface area contributed by atoms with Crippen LogP contribution in [-0.2, 0) is 0 Å². The van der Waals surface area contributed by atoms with Crippen LogP contribution < -0.4 is 0 Å². The first kappa shape index (κ1) is 16.5. The molecule has 1 rings (SSSR count). The van der Waals surface area contributed by atoms with Gasteiger partial charge in [-0.05, 0) is 43.6 Å². The van der Waals surface area contributed by atoms with E-state index >= 15 is 0 Å². The summed E-state index contributed by atoms with van der Waals surface area (Å²) in [5, 5.41) is 0. The minimum Gasteiger partial charge on any atom is -0.289 e. The lowest BCUT2D eigenvalue weighted by Crippen LogP contribution is -2.19. The predicted molar refractivity (Wildman–Crippen MR) is 87.0 cm³/mol. The minimum absolute atomic E-state index is 0.781. The Hall–Kier alpha value is -0.590. The Balaban J connectivity index is 2.27. The average Bonchev–Trinajstić information content (AvgIpc) is 2.39. The maximum atomic E-state index is 4.86. The molecule has 1 aliphatic carbocycles. The Morgan fingerprint density at radius 3 is 2.53 bits per heavy atom. The second-order valence-electron chi connectivity index (χ2n) is 6.43. The molecule has 0 aromatic rings. The van der Waals surface area contributed by atoms with E-state index in [2.05, 4.69) is 33.8 Å². The Labute approximate surface area is 120 Å². The zero-order chi connectivity index (χ0) is 14.1. The molecule has 0 aliphatic heterocycles. The molecule has 1 nitrogen and oxygen atoms in total. The summed E-state index contributed by atoms with van der Waals surface area (Å²) in [5.74, 6) is 1.59. The Morgan fingerprint density at radius 1 is 1.16 bits per heavy atom. The van der Waals surface area contributed by atoms with Crippen LogP contribution in [0, 0.1) is 11.8 Å². The van der Waals surface area contributed by atoms with Crippen molar-refractivity contribution in [2.24, 2.45) is 16.8 Å². The lowest BCUT2D eigenvalue weighted by molar-refractivity contribution is 0.395. The molecule has 1 heteroatoms. The van der Waals surface area contributed by atoms with Crippen LogP contribution in [0.4, 0.5) is 0 Å². The van der Waals surface area contributed by atoms with E-state index in [1.807, 2.05) is 0 Å². The van der Waals surface area contributed by atoms with Crippen LogP contribution in [0.3, 0.4) is 0 Å². The summed E-state index contributed by atoms with van der Waals surface area (Å²) < 4.78 is 0. The molecule has 0 aromatic carbocycles. The molecule has 0 bridgehead atoms. The lowest BCUT2D eigenvalue weighted by Gasteiger charge is -2.25. The first-order valence-electron chi connectivity index (χ1n) is 8.35. The molecule has 0 aromatic heterocycles. The summed E-state index contributed by atoms with van der Waals surface area (Å²) in [6.07, 6.45) is 13.0. The Bertz CT molecular complexity index is 299. The third-order valence-electron chi connectivity index (χ3n) is 4.39. The molecule has 0 saturated heterocycles. The Kier molecular flexibility index (Phi) is 8.09. The topological polar surface area (TPSA) is 12.4 Å². The number of allylic oxidation sites excluding steroid dienone is 2. The molecule has 1 aliphatic rings. The van der Waals surface area contributed by atoms with Crippen molar-refractivity contribution in [1.29, 1.82) is 0 Å². The fourth-order valence-electron chi connectivity index (χ4n) is 2.74. The number of nitrogens with zero attached hydrogens (tertiary/aromatic N) is 1. The van der Waals surface area contributed by atoms with Gasteiger partial charge in [0, 0.05) is 12.3 Å². The van der Waals surface area contributed by atoms with Crippen molar-refractivity contribution >= 4 is 5.71 Å². The van der Waals surface area contributed by atoms with Crippen LogP contribution in [0.5, 0.6) is 0 Å². The number of unbranched alkanes of at least 4 members (excludes halogenated alkanes) is 5. The molecule has 110 valence electrons. The monoisotopic (exact) mass is 263 g/mol. The van der Waals surface area contributed by atoms with Gasteiger partial charge in [0.15, 0.2) is 0 Å². The smallest absolute Gasteiger partial charge is 0.0392 e. The molecule has 19 heavy (non-hydrogen) atoms. The first-order valence-corrected chi connectivity index (χ1v) is 8.35. The zero-order valence-electron chi connectivity index (χ0n) is 13.5. The lowest BCUT2D eigenvalue weighted by atomic mass is 9.81. The van der Waals surface area contributed by atoms with Crippen LogP contribution >= 0.6 is 0 Å². The fraction of sp³-hybridized carbons (Fsp3) is 0.833. The highest BCUT2D eigenvalue weighted by Gasteiger charge is 2.20. The molecule has 0 N–H and O–H groups in total. The van der Waals surface area contributed by atoms with Gasteiger partial charge in [-0.2, -0.15) is 0 Å². The van der Waals surface area contributed by atoms with Gasteiger partial charge in [-0.1, -0.05) is 59.0 Å². The van der Waals surface area contributed by atoms with Crippen molar-refractivity contribution in [3.63, 3.8) is 0 Å². The summed E-state index contributed by atoms with van der Waals surface area (Å²) >= 11 is 0. The standard InChI is InChI=1S/C18H33N/c1-5-6-7-8-9-10-13-19-18-14-17(15(2)3)12-11-16(18)4/h11,15,17H,5-10,12-14H2,1-4H3/t17-/m0/s1. The van der Waals surface area contributed by atoms with Crippen LogP contribution in [0.15, 0.2) is 16.6 Å². The normalized spacial score (nSPS) is 22.1. The molecule has 1 atom stereocenters. The van der Waals surface area contributed by atoms with Crippen molar-refractivity contribution in [3.8, 4) is 0 Å². The summed E-state index contributed by atoms with van der Waals surface area (Å²) in [5.41, 5.74) is 2.82. The Morgan fingerprint density at radius 2 is 1.84 bits per heavy atom. The van der Waals surface area contributed by atoms with Crippen LogP contribution in [-0.4, -0.2) is 12.3 Å². The van der Waals surface area contributed by atoms with Gasteiger partial charge in [-0.3, -0.25) is 4.99 Å². The van der Waals surface area contributed by atoms with Gasteiger partial charge in [0.05, 0.1) is 0 Å². The van der Waals surface area contributed by atoms with E-state index < -0.39 is 0 Å². The number of rotatable bonds is 8. The summed E-state index contributed by atoms with van der Waals surface area (Å²) in [7, 11) is 0. The van der Waals surface area contributed by atoms with E-state index in [1.54, 1.807) is 0 Å². The van der Waals surface area contributed by atoms with Crippen LogP contribution in [0.25, 0.3) is 0 Å². The van der Waals surface area contributed by atoms with Gasteiger partial charge in [0.2, 0.25) is 0 Å². The van der Waals surface area contributed by atoms with E-state index in [0.717, 1.165) is 18.4 Å². The number of aliphatic imine (C=N–C) groups is 1. The predicted octanol–water partition coefficient (Wildman–Crippen LogP) is 5.80. The third-order valence-corrected chi connectivity index (χ3v) is 4.39. The molecule has 0 spiro atoms. The highest BCUT2D eigenvalue weighted by atomic mass is 14.7. The maximum absolute atomic E-state index is 4.86. The molecule has 0 saturated carbocycles. The maximum Gasteiger partial charge on any atom is 0.0392 e. The zero-order valence-corrected chi connectivity index (χ0v) is 13.5. The summed E-state index contributed by atoms with van der Waals surface area (Å²) in [4.78, 5) is 4.86. The second kappa shape index (κ2) is 9.34. The van der Waals surface area contributed by atoms with Crippen molar-refractivity contribution in [1.82, 2.24) is 0 Å². The molecule has 0 fully saturated rings. The van der Waals surface area contributed by atoms with E-state index in [4.69, 9.17) is 4.99 Å². The largest absolute Gasteiger partial charge is 0.289 e. The van der Waals surface area contributed by atoms with Crippen molar-refractivity contribution < 1.29 is 0 Å². The quantitative estimate of drug-likeness (QED) is 0.491. The van der Waals surface area contributed by atoms with Crippen LogP contribution in [0.2, 0.25) is 0 Å². The minimum atomic E-state index is 0.781. The first-order chi connectivity index (χ1) is 9.15. The highest BCUT2D eigenvalue weighted by Crippen LogP contribution is 2.27. The molecule has 0 heterocycles. The molecule has 0 unspecified atom stereocenters. The second-order valence-corrected chi connectivity index (χ2v) is 6.43. The van der Waals surface area contributed by atoms with Gasteiger partial charge in [-0.25, -0.2) is 0 Å². The van der Waals surface area contributed by atoms with Crippen molar-refractivity contribution in [3.05, 3.63) is 11.6 Å². The number of hydrogen-bond donors (Lipinski definition) is 0. The van der Waals surface area contributed by atoms with Crippen molar-refractivity contribution in [2.45, 2.75) is 79.1 Å². The third kappa shape index (κ3) is 6.40. The van der Waals surface area contributed by atoms with Gasteiger partial charge < -0.3 is 0 Å². The average molecular weight is 263 g/mol. The van der Waals surface area contributed by atoms with E-state index in [-0.39, 0.29) is 0 Å². The van der Waals surface area contributed by atoms with Crippen molar-refractivity contribution in [2.75, 3.05) is 6.54 Å². The van der Waals surface area contributed by atoms with E-state index in [9.17, 15) is 0 Å². The van der Waals surface area contributed by atoms with E-state index in [0.29, 0.717) is 0 Å². The van der Waals surface area contributed by atoms with Gasteiger partial charge in [0.1, 0.15) is 0 Å².